The number of amides is 2. The standard InChI is InChI=1S/C19H21ClFN3O2/c1-23(2)19(26)13-7-9-14(10-8-13)22-18(25)12-24(3)11-15-16(20)5-4-6-17(15)21/h4-10H,11-12H2,1-3H3,(H,22,25)/p+1. The molecule has 2 N–H and O–H groups in total. The number of likely N-dealkylation sites (N-methyl/N-ethyl adjacent to an activating group) is 1. The third-order valence-electron chi connectivity index (χ3n) is 3.82. The van der Waals surface area contributed by atoms with Crippen molar-refractivity contribution in [3.8, 4) is 0 Å². The van der Waals surface area contributed by atoms with Gasteiger partial charge in [-0.3, -0.25) is 9.59 Å². The van der Waals surface area contributed by atoms with E-state index in [1.54, 1.807) is 57.5 Å². The maximum absolute atomic E-state index is 13.8. The lowest BCUT2D eigenvalue weighted by Crippen LogP contribution is -3.08. The number of carbonyl (C=O) groups is 2. The number of halogens is 2. The van der Waals surface area contributed by atoms with Gasteiger partial charge in [-0.25, -0.2) is 4.39 Å². The zero-order valence-electron chi connectivity index (χ0n) is 15.0. The molecule has 0 heterocycles. The van der Waals surface area contributed by atoms with E-state index in [4.69, 9.17) is 11.6 Å². The van der Waals surface area contributed by atoms with Crippen LogP contribution in [0, 0.1) is 5.82 Å². The van der Waals surface area contributed by atoms with E-state index in [0.717, 1.165) is 4.90 Å². The lowest BCUT2D eigenvalue weighted by molar-refractivity contribution is -0.885. The number of hydrogen-bond acceptors (Lipinski definition) is 2. The predicted molar refractivity (Wildman–Crippen MR) is 100.0 cm³/mol. The summed E-state index contributed by atoms with van der Waals surface area (Å²) < 4.78 is 13.8. The van der Waals surface area contributed by atoms with Crippen LogP contribution in [0.4, 0.5) is 10.1 Å². The van der Waals surface area contributed by atoms with Crippen LogP contribution in [0.1, 0.15) is 15.9 Å². The summed E-state index contributed by atoms with van der Waals surface area (Å²) in [7, 11) is 5.15. The molecule has 2 rings (SSSR count). The number of benzene rings is 2. The van der Waals surface area contributed by atoms with E-state index >= 15 is 0 Å². The van der Waals surface area contributed by atoms with E-state index in [2.05, 4.69) is 5.32 Å². The van der Waals surface area contributed by atoms with Crippen LogP contribution in [0.5, 0.6) is 0 Å². The summed E-state index contributed by atoms with van der Waals surface area (Å²) in [5.74, 6) is -0.686. The van der Waals surface area contributed by atoms with E-state index in [1.807, 2.05) is 0 Å². The molecular formula is C19H22ClFN3O2+. The van der Waals surface area contributed by atoms with Gasteiger partial charge in [0.05, 0.1) is 17.6 Å². The average molecular weight is 379 g/mol. The highest BCUT2D eigenvalue weighted by molar-refractivity contribution is 6.31. The number of hydrogen-bond donors (Lipinski definition) is 2. The number of quaternary nitrogens is 1. The molecule has 5 nitrogen and oxygen atoms in total. The Labute approximate surface area is 157 Å². The number of nitrogens with zero attached hydrogens (tertiary/aromatic N) is 1. The molecule has 0 aromatic heterocycles. The minimum atomic E-state index is -0.376. The predicted octanol–water partition coefficient (Wildman–Crippen LogP) is 1.83. The molecule has 0 aliphatic carbocycles. The van der Waals surface area contributed by atoms with E-state index in [-0.39, 0.29) is 24.2 Å². The molecular weight excluding hydrogens is 357 g/mol. The van der Waals surface area contributed by atoms with Crippen molar-refractivity contribution < 1.29 is 18.9 Å². The molecule has 0 saturated heterocycles. The highest BCUT2D eigenvalue weighted by Gasteiger charge is 2.16. The normalized spacial score (nSPS) is 11.7. The third-order valence-corrected chi connectivity index (χ3v) is 4.18. The zero-order valence-corrected chi connectivity index (χ0v) is 15.7. The number of carbonyl (C=O) groups excluding carboxylic acids is 2. The second-order valence-electron chi connectivity index (χ2n) is 6.34. The molecule has 2 aromatic rings. The molecule has 0 radical (unpaired) electrons. The third kappa shape index (κ3) is 5.28. The molecule has 0 aliphatic heterocycles. The average Bonchev–Trinajstić information content (AvgIpc) is 2.58. The van der Waals surface area contributed by atoms with Crippen LogP contribution in [-0.4, -0.2) is 44.4 Å². The Morgan fingerprint density at radius 3 is 2.38 bits per heavy atom. The number of rotatable bonds is 6. The quantitative estimate of drug-likeness (QED) is 0.805. The molecule has 26 heavy (non-hydrogen) atoms. The van der Waals surface area contributed by atoms with Gasteiger partial charge in [-0.15, -0.1) is 0 Å². The van der Waals surface area contributed by atoms with E-state index in [1.165, 1.54) is 11.0 Å². The van der Waals surface area contributed by atoms with E-state index < -0.39 is 0 Å². The van der Waals surface area contributed by atoms with Crippen LogP contribution < -0.4 is 10.2 Å². The summed E-state index contributed by atoms with van der Waals surface area (Å²) in [6.45, 7) is 0.457. The van der Waals surface area contributed by atoms with Gasteiger partial charge in [0.2, 0.25) is 0 Å². The Bertz CT molecular complexity index is 774. The fourth-order valence-corrected chi connectivity index (χ4v) is 2.73. The molecule has 1 atom stereocenters. The SMILES string of the molecule is CN(C)C(=O)c1ccc(NC(=O)C[NH+](C)Cc2c(F)cccc2Cl)cc1. The summed E-state index contributed by atoms with van der Waals surface area (Å²) in [6, 6.07) is 11.2. The lowest BCUT2D eigenvalue weighted by Gasteiger charge is -2.15. The van der Waals surface area contributed by atoms with Crippen LogP contribution >= 0.6 is 11.6 Å². The van der Waals surface area contributed by atoms with Gasteiger partial charge in [0.1, 0.15) is 12.4 Å². The highest BCUT2D eigenvalue weighted by Crippen LogP contribution is 2.17. The van der Waals surface area contributed by atoms with Crippen LogP contribution in [-0.2, 0) is 11.3 Å². The summed E-state index contributed by atoms with van der Waals surface area (Å²) in [5.41, 5.74) is 1.54. The molecule has 1 unspecified atom stereocenters. The van der Waals surface area contributed by atoms with Crippen molar-refractivity contribution >= 4 is 29.1 Å². The van der Waals surface area contributed by atoms with Crippen LogP contribution in [0.3, 0.4) is 0 Å². The topological polar surface area (TPSA) is 53.9 Å². The summed E-state index contributed by atoms with van der Waals surface area (Å²) in [4.78, 5) is 26.3. The molecule has 0 saturated carbocycles. The first-order chi connectivity index (χ1) is 12.3. The van der Waals surface area contributed by atoms with Gasteiger partial charge in [-0.2, -0.15) is 0 Å². The second kappa shape index (κ2) is 8.78. The Hall–Kier alpha value is -2.44. The molecule has 2 amide bonds. The van der Waals surface area contributed by atoms with Gasteiger partial charge >= 0.3 is 0 Å². The fraction of sp³-hybridized carbons (Fsp3) is 0.263. The Balaban J connectivity index is 1.93. The van der Waals surface area contributed by atoms with Crippen molar-refractivity contribution in [1.82, 2.24) is 4.90 Å². The first-order valence-electron chi connectivity index (χ1n) is 8.13. The lowest BCUT2D eigenvalue weighted by atomic mass is 10.2. The summed E-state index contributed by atoms with van der Waals surface area (Å²) in [6.07, 6.45) is 0. The molecule has 138 valence electrons. The maximum Gasteiger partial charge on any atom is 0.279 e. The van der Waals surface area contributed by atoms with Gasteiger partial charge in [0.15, 0.2) is 6.54 Å². The van der Waals surface area contributed by atoms with Gasteiger partial charge in [-0.1, -0.05) is 17.7 Å². The van der Waals surface area contributed by atoms with Crippen molar-refractivity contribution in [3.63, 3.8) is 0 Å². The molecule has 0 bridgehead atoms. The van der Waals surface area contributed by atoms with Crippen molar-refractivity contribution in [1.29, 1.82) is 0 Å². The van der Waals surface area contributed by atoms with E-state index in [0.29, 0.717) is 28.4 Å². The van der Waals surface area contributed by atoms with Gasteiger partial charge < -0.3 is 15.1 Å². The van der Waals surface area contributed by atoms with Crippen molar-refractivity contribution in [3.05, 3.63) is 64.4 Å². The van der Waals surface area contributed by atoms with Gasteiger partial charge in [0.25, 0.3) is 11.8 Å². The summed E-state index contributed by atoms with van der Waals surface area (Å²) >= 11 is 6.02. The molecule has 7 heteroatoms. The molecule has 0 fully saturated rings. The number of anilines is 1. The second-order valence-corrected chi connectivity index (χ2v) is 6.74. The fourth-order valence-electron chi connectivity index (χ4n) is 2.50. The first-order valence-corrected chi connectivity index (χ1v) is 8.51. The Morgan fingerprint density at radius 1 is 1.15 bits per heavy atom. The van der Waals surface area contributed by atoms with E-state index in [9.17, 15) is 14.0 Å². The maximum atomic E-state index is 13.8. The van der Waals surface area contributed by atoms with Crippen LogP contribution in [0.15, 0.2) is 42.5 Å². The number of nitrogens with one attached hydrogen (secondary N) is 2. The highest BCUT2D eigenvalue weighted by atomic mass is 35.5. The monoisotopic (exact) mass is 378 g/mol. The van der Waals surface area contributed by atoms with Gasteiger partial charge in [-0.05, 0) is 36.4 Å². The molecule has 0 spiro atoms. The smallest absolute Gasteiger partial charge is 0.279 e. The van der Waals surface area contributed by atoms with Crippen molar-refractivity contribution in [2.45, 2.75) is 6.54 Å². The van der Waals surface area contributed by atoms with Crippen molar-refractivity contribution in [2.75, 3.05) is 33.0 Å². The zero-order chi connectivity index (χ0) is 19.3. The van der Waals surface area contributed by atoms with Gasteiger partial charge in [0, 0.05) is 25.3 Å². The Morgan fingerprint density at radius 2 is 1.81 bits per heavy atom. The Kier molecular flexibility index (Phi) is 6.71. The van der Waals surface area contributed by atoms with Crippen molar-refractivity contribution in [2.24, 2.45) is 0 Å². The van der Waals surface area contributed by atoms with Crippen LogP contribution in [0.2, 0.25) is 5.02 Å². The summed E-state index contributed by atoms with van der Waals surface area (Å²) in [5, 5.41) is 3.12. The largest absolute Gasteiger partial charge is 0.345 e. The molecule has 0 aliphatic rings. The van der Waals surface area contributed by atoms with Crippen LogP contribution in [0.25, 0.3) is 0 Å². The minimum Gasteiger partial charge on any atom is -0.345 e. The molecule has 2 aromatic carbocycles. The first kappa shape index (κ1) is 19.9. The minimum absolute atomic E-state index is 0.103.